The summed E-state index contributed by atoms with van der Waals surface area (Å²) in [6.07, 6.45) is -0.976. The molecule has 0 atom stereocenters. The smallest absolute Gasteiger partial charge is 0.256 e. The summed E-state index contributed by atoms with van der Waals surface area (Å²) in [6, 6.07) is 5.00. The van der Waals surface area contributed by atoms with Gasteiger partial charge in [-0.15, -0.1) is 0 Å². The van der Waals surface area contributed by atoms with E-state index in [2.05, 4.69) is 4.98 Å². The first-order chi connectivity index (χ1) is 6.66. The summed E-state index contributed by atoms with van der Waals surface area (Å²) in [5, 5.41) is 0.555. The van der Waals surface area contributed by atoms with Gasteiger partial charge in [-0.1, -0.05) is 11.6 Å². The molecule has 0 saturated heterocycles. The van der Waals surface area contributed by atoms with E-state index in [0.717, 1.165) is 0 Å². The minimum atomic E-state index is -2.37. The summed E-state index contributed by atoms with van der Waals surface area (Å²) in [7, 11) is 0. The summed E-state index contributed by atoms with van der Waals surface area (Å²) in [4.78, 5) is 3.98. The zero-order valence-corrected chi connectivity index (χ0v) is 7.88. The minimum absolute atomic E-state index is 0.335. The SMILES string of the molecule is FC(F)Cn1cnc2cc(Cl)ccc21. The Morgan fingerprint density at radius 2 is 2.21 bits per heavy atom. The molecule has 1 aromatic heterocycles. The van der Waals surface area contributed by atoms with Crippen LogP contribution in [0.2, 0.25) is 5.02 Å². The van der Waals surface area contributed by atoms with Gasteiger partial charge in [0.25, 0.3) is 6.43 Å². The Hall–Kier alpha value is -1.16. The van der Waals surface area contributed by atoms with Crippen molar-refractivity contribution < 1.29 is 8.78 Å². The average Bonchev–Trinajstić information content (AvgIpc) is 2.47. The number of rotatable bonds is 2. The topological polar surface area (TPSA) is 17.8 Å². The third-order valence-electron chi connectivity index (χ3n) is 1.92. The Morgan fingerprint density at radius 3 is 2.93 bits per heavy atom. The first-order valence-corrected chi connectivity index (χ1v) is 4.43. The zero-order valence-electron chi connectivity index (χ0n) is 7.12. The van der Waals surface area contributed by atoms with Crippen molar-refractivity contribution in [2.75, 3.05) is 0 Å². The van der Waals surface area contributed by atoms with Crippen molar-refractivity contribution in [3.63, 3.8) is 0 Å². The van der Waals surface area contributed by atoms with Gasteiger partial charge in [-0.2, -0.15) is 0 Å². The lowest BCUT2D eigenvalue weighted by Crippen LogP contribution is -2.04. The molecule has 0 saturated carbocycles. The van der Waals surface area contributed by atoms with E-state index < -0.39 is 6.43 Å². The lowest BCUT2D eigenvalue weighted by Gasteiger charge is -2.02. The van der Waals surface area contributed by atoms with Gasteiger partial charge in [0, 0.05) is 5.02 Å². The fraction of sp³-hybridized carbons (Fsp3) is 0.222. The summed E-state index contributed by atoms with van der Waals surface area (Å²) in [6.45, 7) is -0.335. The van der Waals surface area contributed by atoms with Gasteiger partial charge in [-0.3, -0.25) is 0 Å². The highest BCUT2D eigenvalue weighted by molar-refractivity contribution is 6.31. The number of alkyl halides is 2. The molecule has 0 unspecified atom stereocenters. The monoisotopic (exact) mass is 216 g/mol. The van der Waals surface area contributed by atoms with E-state index in [0.29, 0.717) is 16.1 Å². The van der Waals surface area contributed by atoms with Crippen LogP contribution < -0.4 is 0 Å². The lowest BCUT2D eigenvalue weighted by atomic mass is 10.3. The summed E-state index contributed by atoms with van der Waals surface area (Å²) < 4.78 is 25.7. The first-order valence-electron chi connectivity index (χ1n) is 4.05. The van der Waals surface area contributed by atoms with Crippen LogP contribution >= 0.6 is 11.6 Å². The van der Waals surface area contributed by atoms with Gasteiger partial charge in [-0.25, -0.2) is 13.8 Å². The summed E-state index contributed by atoms with van der Waals surface area (Å²) in [5.41, 5.74) is 1.31. The first kappa shape index (κ1) is 9.40. The molecule has 0 bridgehead atoms. The molecule has 74 valence electrons. The number of benzene rings is 1. The number of aromatic nitrogens is 2. The molecule has 0 aliphatic heterocycles. The molecule has 1 aromatic carbocycles. The molecule has 2 aromatic rings. The number of hydrogen-bond acceptors (Lipinski definition) is 1. The van der Waals surface area contributed by atoms with Crippen molar-refractivity contribution in [2.24, 2.45) is 0 Å². The van der Waals surface area contributed by atoms with E-state index in [1.54, 1.807) is 18.2 Å². The van der Waals surface area contributed by atoms with E-state index in [1.165, 1.54) is 10.9 Å². The van der Waals surface area contributed by atoms with E-state index in [9.17, 15) is 8.78 Å². The van der Waals surface area contributed by atoms with Crippen molar-refractivity contribution in [1.82, 2.24) is 9.55 Å². The third kappa shape index (κ3) is 1.70. The van der Waals surface area contributed by atoms with Crippen molar-refractivity contribution in [1.29, 1.82) is 0 Å². The molecular weight excluding hydrogens is 210 g/mol. The number of imidazole rings is 1. The van der Waals surface area contributed by atoms with Gasteiger partial charge < -0.3 is 4.57 Å². The Morgan fingerprint density at radius 1 is 1.43 bits per heavy atom. The molecule has 14 heavy (non-hydrogen) atoms. The second kappa shape index (κ2) is 3.53. The van der Waals surface area contributed by atoms with Gasteiger partial charge >= 0.3 is 0 Å². The Balaban J connectivity index is 2.47. The molecule has 0 N–H and O–H groups in total. The van der Waals surface area contributed by atoms with Crippen LogP contribution in [-0.2, 0) is 6.54 Å². The fourth-order valence-electron chi connectivity index (χ4n) is 1.33. The average molecular weight is 217 g/mol. The highest BCUT2D eigenvalue weighted by Crippen LogP contribution is 2.18. The number of hydrogen-bond donors (Lipinski definition) is 0. The van der Waals surface area contributed by atoms with Gasteiger partial charge in [0.15, 0.2) is 0 Å². The molecule has 2 nitrogen and oxygen atoms in total. The molecule has 0 amide bonds. The normalized spacial score (nSPS) is 11.4. The lowest BCUT2D eigenvalue weighted by molar-refractivity contribution is 0.128. The Bertz CT molecular complexity index is 453. The second-order valence-electron chi connectivity index (χ2n) is 2.92. The highest BCUT2D eigenvalue weighted by atomic mass is 35.5. The van der Waals surface area contributed by atoms with E-state index in [1.807, 2.05) is 0 Å². The maximum atomic E-state index is 12.1. The standard InChI is InChI=1S/C9H7ClF2N2/c10-6-1-2-8-7(3-6)13-5-14(8)4-9(11)12/h1-3,5,9H,4H2. The molecule has 1 heterocycles. The van der Waals surface area contributed by atoms with Crippen LogP contribution in [0.1, 0.15) is 0 Å². The molecule has 0 spiro atoms. The molecule has 0 aliphatic carbocycles. The maximum Gasteiger partial charge on any atom is 0.256 e. The van der Waals surface area contributed by atoms with Crippen molar-refractivity contribution >= 4 is 22.6 Å². The zero-order chi connectivity index (χ0) is 10.1. The van der Waals surface area contributed by atoms with Crippen LogP contribution in [-0.4, -0.2) is 16.0 Å². The fourth-order valence-corrected chi connectivity index (χ4v) is 1.50. The predicted molar refractivity (Wildman–Crippen MR) is 50.7 cm³/mol. The van der Waals surface area contributed by atoms with Crippen LogP contribution in [0.3, 0.4) is 0 Å². The minimum Gasteiger partial charge on any atom is -0.325 e. The van der Waals surface area contributed by atoms with Gasteiger partial charge in [0.05, 0.1) is 23.9 Å². The highest BCUT2D eigenvalue weighted by Gasteiger charge is 2.07. The van der Waals surface area contributed by atoms with Crippen LogP contribution in [0.25, 0.3) is 11.0 Å². The molecule has 0 fully saturated rings. The predicted octanol–water partition coefficient (Wildman–Crippen LogP) is 2.95. The Kier molecular flexibility index (Phi) is 2.37. The summed E-state index contributed by atoms with van der Waals surface area (Å²) >= 11 is 5.74. The molecular formula is C9H7ClF2N2. The number of nitrogens with zero attached hydrogens (tertiary/aromatic N) is 2. The maximum absolute atomic E-state index is 12.1. The van der Waals surface area contributed by atoms with Crippen molar-refractivity contribution in [2.45, 2.75) is 13.0 Å². The number of halogens is 3. The Labute approximate surface area is 84.1 Å². The summed E-state index contributed by atoms with van der Waals surface area (Å²) in [5.74, 6) is 0. The van der Waals surface area contributed by atoms with Crippen LogP contribution in [0.5, 0.6) is 0 Å². The van der Waals surface area contributed by atoms with Crippen LogP contribution in [0.4, 0.5) is 8.78 Å². The molecule has 5 heteroatoms. The van der Waals surface area contributed by atoms with Gasteiger partial charge in [0.1, 0.15) is 0 Å². The van der Waals surface area contributed by atoms with E-state index in [-0.39, 0.29) is 6.54 Å². The largest absolute Gasteiger partial charge is 0.325 e. The number of fused-ring (bicyclic) bond motifs is 1. The van der Waals surface area contributed by atoms with Gasteiger partial charge in [-0.05, 0) is 18.2 Å². The third-order valence-corrected chi connectivity index (χ3v) is 2.15. The van der Waals surface area contributed by atoms with Crippen LogP contribution in [0, 0.1) is 0 Å². The van der Waals surface area contributed by atoms with Crippen molar-refractivity contribution in [3.05, 3.63) is 29.5 Å². The molecule has 0 radical (unpaired) electrons. The molecule has 0 aliphatic rings. The van der Waals surface area contributed by atoms with E-state index >= 15 is 0 Å². The van der Waals surface area contributed by atoms with Crippen molar-refractivity contribution in [3.8, 4) is 0 Å². The quantitative estimate of drug-likeness (QED) is 0.755. The van der Waals surface area contributed by atoms with Crippen LogP contribution in [0.15, 0.2) is 24.5 Å². The second-order valence-corrected chi connectivity index (χ2v) is 3.36. The van der Waals surface area contributed by atoms with Gasteiger partial charge in [0.2, 0.25) is 0 Å². The van der Waals surface area contributed by atoms with E-state index in [4.69, 9.17) is 11.6 Å². The molecule has 2 rings (SSSR count).